The van der Waals surface area contributed by atoms with Crippen LogP contribution in [0, 0.1) is 24.1 Å². The predicted octanol–water partition coefficient (Wildman–Crippen LogP) is 4.50. The van der Waals surface area contributed by atoms with Gasteiger partial charge in [0, 0.05) is 11.6 Å². The van der Waals surface area contributed by atoms with Crippen molar-refractivity contribution in [3.05, 3.63) is 52.1 Å². The number of amides is 1. The molecule has 2 aliphatic rings. The fourth-order valence-electron chi connectivity index (χ4n) is 5.47. The quantitative estimate of drug-likeness (QED) is 0.757. The van der Waals surface area contributed by atoms with E-state index in [4.69, 9.17) is 10.8 Å². The van der Waals surface area contributed by atoms with Gasteiger partial charge in [-0.2, -0.15) is 5.10 Å². The highest BCUT2D eigenvalue weighted by atomic mass is 19.1. The zero-order valence-corrected chi connectivity index (χ0v) is 18.8. The zero-order chi connectivity index (χ0) is 22.5. The van der Waals surface area contributed by atoms with Crippen molar-refractivity contribution in [2.24, 2.45) is 17.1 Å². The number of hydrogen-bond donors (Lipinski definition) is 2. The highest BCUT2D eigenvalue weighted by Crippen LogP contribution is 2.39. The molecule has 31 heavy (non-hydrogen) atoms. The Morgan fingerprint density at radius 3 is 2.58 bits per heavy atom. The van der Waals surface area contributed by atoms with Gasteiger partial charge in [0.05, 0.1) is 28.7 Å². The molecule has 2 aliphatic carbocycles. The number of benzene rings is 1. The summed E-state index contributed by atoms with van der Waals surface area (Å²) in [6.45, 7) is 8.45. The van der Waals surface area contributed by atoms with Crippen LogP contribution in [0.25, 0.3) is 11.3 Å². The smallest absolute Gasteiger partial charge is 0.251 e. The van der Waals surface area contributed by atoms with Crippen LogP contribution in [0.2, 0.25) is 0 Å². The molecule has 1 saturated carbocycles. The number of aromatic nitrogens is 2. The number of carbonyl (C=O) groups is 1. The standard InChI is InChI=1S/C25H32FN3O2/c1-14-12-25(3,4)13-21-22(14)15(2)28-29(21)18-10-17(23(24(27)31)20(26)11-18)9-16-5-7-19(30)8-6-16/h10-12,16,19,30H,5-9,13H2,1-4H3,(H2,27,31). The highest BCUT2D eigenvalue weighted by molar-refractivity contribution is 5.95. The van der Waals surface area contributed by atoms with Gasteiger partial charge >= 0.3 is 0 Å². The van der Waals surface area contributed by atoms with E-state index in [0.29, 0.717) is 23.6 Å². The second-order valence-corrected chi connectivity index (χ2v) is 10.0. The van der Waals surface area contributed by atoms with Crippen LogP contribution in [-0.2, 0) is 12.8 Å². The first-order chi connectivity index (χ1) is 14.6. The van der Waals surface area contributed by atoms with Crippen molar-refractivity contribution in [1.29, 1.82) is 0 Å². The van der Waals surface area contributed by atoms with Crippen LogP contribution in [0.15, 0.2) is 18.2 Å². The summed E-state index contributed by atoms with van der Waals surface area (Å²) in [7, 11) is 0. The molecule has 0 aliphatic heterocycles. The van der Waals surface area contributed by atoms with Gasteiger partial charge in [0.1, 0.15) is 5.82 Å². The summed E-state index contributed by atoms with van der Waals surface area (Å²) < 4.78 is 17.0. The van der Waals surface area contributed by atoms with Gasteiger partial charge in [-0.25, -0.2) is 9.07 Å². The topological polar surface area (TPSA) is 81.1 Å². The average molecular weight is 426 g/mol. The molecule has 1 heterocycles. The number of carbonyl (C=O) groups excluding carboxylic acids is 1. The number of halogens is 1. The van der Waals surface area contributed by atoms with E-state index in [0.717, 1.165) is 49.1 Å². The Morgan fingerprint density at radius 1 is 1.26 bits per heavy atom. The second-order valence-electron chi connectivity index (χ2n) is 10.0. The maximum Gasteiger partial charge on any atom is 0.251 e. The number of rotatable bonds is 4. The second kappa shape index (κ2) is 7.90. The Hall–Kier alpha value is -2.47. The number of nitrogens with zero attached hydrogens (tertiary/aromatic N) is 2. The monoisotopic (exact) mass is 425 g/mol. The molecular weight excluding hydrogens is 393 g/mol. The largest absolute Gasteiger partial charge is 0.393 e. The minimum atomic E-state index is -0.742. The van der Waals surface area contributed by atoms with Crippen molar-refractivity contribution in [3.8, 4) is 5.69 Å². The molecule has 0 spiro atoms. The Kier molecular flexibility index (Phi) is 5.54. The zero-order valence-electron chi connectivity index (χ0n) is 18.8. The Morgan fingerprint density at radius 2 is 1.94 bits per heavy atom. The average Bonchev–Trinajstić information content (AvgIpc) is 2.98. The summed E-state index contributed by atoms with van der Waals surface area (Å²) >= 11 is 0. The molecule has 0 atom stereocenters. The van der Waals surface area contributed by atoms with E-state index in [9.17, 15) is 9.90 Å². The first kappa shape index (κ1) is 21.8. The van der Waals surface area contributed by atoms with E-state index in [-0.39, 0.29) is 17.1 Å². The Balaban J connectivity index is 1.79. The van der Waals surface area contributed by atoms with Crippen LogP contribution in [-0.4, -0.2) is 26.9 Å². The van der Waals surface area contributed by atoms with Crippen LogP contribution >= 0.6 is 0 Å². The molecule has 0 saturated heterocycles. The number of aryl methyl sites for hydroxylation is 1. The van der Waals surface area contributed by atoms with E-state index in [1.54, 1.807) is 0 Å². The van der Waals surface area contributed by atoms with Crippen LogP contribution in [0.5, 0.6) is 0 Å². The van der Waals surface area contributed by atoms with Crippen LogP contribution in [0.1, 0.15) is 79.3 Å². The first-order valence-corrected chi connectivity index (χ1v) is 11.1. The summed E-state index contributed by atoms with van der Waals surface area (Å²) in [4.78, 5) is 12.1. The fourth-order valence-corrected chi connectivity index (χ4v) is 5.47. The van der Waals surface area contributed by atoms with E-state index >= 15 is 4.39 Å². The third-order valence-corrected chi connectivity index (χ3v) is 6.75. The first-order valence-electron chi connectivity index (χ1n) is 11.1. The summed E-state index contributed by atoms with van der Waals surface area (Å²) in [5.74, 6) is -1.04. The van der Waals surface area contributed by atoms with Crippen molar-refractivity contribution in [2.45, 2.75) is 72.3 Å². The number of aliphatic hydroxyl groups is 1. The molecule has 5 nitrogen and oxygen atoms in total. The van der Waals surface area contributed by atoms with E-state index < -0.39 is 11.7 Å². The lowest BCUT2D eigenvalue weighted by molar-refractivity contribution is 0.0990. The van der Waals surface area contributed by atoms with Crippen molar-refractivity contribution >= 4 is 11.5 Å². The van der Waals surface area contributed by atoms with Gasteiger partial charge in [-0.15, -0.1) is 0 Å². The van der Waals surface area contributed by atoms with E-state index in [1.165, 1.54) is 11.6 Å². The van der Waals surface area contributed by atoms with Crippen molar-refractivity contribution in [3.63, 3.8) is 0 Å². The third kappa shape index (κ3) is 4.18. The maximum absolute atomic E-state index is 15.1. The molecule has 6 heteroatoms. The highest BCUT2D eigenvalue weighted by Gasteiger charge is 2.30. The SMILES string of the molecule is CC1=CC(C)(C)Cc2c1c(C)nn2-c1cc(F)c(C(N)=O)c(CC2CCC(O)CC2)c1. The Bertz CT molecular complexity index is 1060. The molecule has 166 valence electrons. The molecule has 3 N–H and O–H groups in total. The summed E-state index contributed by atoms with van der Waals surface area (Å²) in [6, 6.07) is 3.25. The van der Waals surface area contributed by atoms with Gasteiger partial charge in [-0.05, 0) is 80.9 Å². The molecular formula is C25H32FN3O2. The molecule has 1 aromatic heterocycles. The minimum absolute atomic E-state index is 0.0151. The number of nitrogens with two attached hydrogens (primary N) is 1. The van der Waals surface area contributed by atoms with Crippen LogP contribution in [0.4, 0.5) is 4.39 Å². The third-order valence-electron chi connectivity index (χ3n) is 6.75. The van der Waals surface area contributed by atoms with Gasteiger partial charge < -0.3 is 10.8 Å². The molecule has 1 aromatic carbocycles. The molecule has 4 rings (SSSR count). The number of fused-ring (bicyclic) bond motifs is 1. The Labute approximate surface area is 183 Å². The number of hydrogen-bond acceptors (Lipinski definition) is 3. The molecule has 1 fully saturated rings. The molecule has 1 amide bonds. The van der Waals surface area contributed by atoms with Gasteiger partial charge in [-0.3, -0.25) is 4.79 Å². The molecule has 0 bridgehead atoms. The van der Waals surface area contributed by atoms with Crippen molar-refractivity contribution < 1.29 is 14.3 Å². The van der Waals surface area contributed by atoms with E-state index in [2.05, 4.69) is 26.8 Å². The molecule has 2 aromatic rings. The van der Waals surface area contributed by atoms with Crippen LogP contribution in [0.3, 0.4) is 0 Å². The van der Waals surface area contributed by atoms with Gasteiger partial charge in [0.2, 0.25) is 0 Å². The molecule has 0 radical (unpaired) electrons. The van der Waals surface area contributed by atoms with Crippen LogP contribution < -0.4 is 5.73 Å². The normalized spacial score (nSPS) is 22.7. The van der Waals surface area contributed by atoms with Gasteiger partial charge in [0.15, 0.2) is 0 Å². The summed E-state index contributed by atoms with van der Waals surface area (Å²) in [5.41, 5.74) is 11.1. The van der Waals surface area contributed by atoms with Crippen molar-refractivity contribution in [2.75, 3.05) is 0 Å². The van der Waals surface area contributed by atoms with Gasteiger partial charge in [0.25, 0.3) is 5.91 Å². The lowest BCUT2D eigenvalue weighted by Crippen LogP contribution is -2.23. The van der Waals surface area contributed by atoms with Crippen molar-refractivity contribution in [1.82, 2.24) is 9.78 Å². The number of aliphatic hydroxyl groups excluding tert-OH is 1. The van der Waals surface area contributed by atoms with Gasteiger partial charge in [-0.1, -0.05) is 19.9 Å². The summed E-state index contributed by atoms with van der Waals surface area (Å²) in [6.07, 6.45) is 6.59. The molecule has 0 unspecified atom stereocenters. The van der Waals surface area contributed by atoms with E-state index in [1.807, 2.05) is 17.7 Å². The summed E-state index contributed by atoms with van der Waals surface area (Å²) in [5, 5.41) is 14.6. The predicted molar refractivity (Wildman–Crippen MR) is 120 cm³/mol. The lowest BCUT2D eigenvalue weighted by Gasteiger charge is -2.28. The number of primary amides is 1. The maximum atomic E-state index is 15.1. The number of allylic oxidation sites excluding steroid dienone is 2. The minimum Gasteiger partial charge on any atom is -0.393 e. The lowest BCUT2D eigenvalue weighted by atomic mass is 9.78. The fraction of sp³-hybridized carbons (Fsp3) is 0.520.